The summed E-state index contributed by atoms with van der Waals surface area (Å²) in [5, 5.41) is 19.8. The predicted octanol–water partition coefficient (Wildman–Crippen LogP) is 7.83. The molecule has 0 unspecified atom stereocenters. The number of imidazole rings is 1. The van der Waals surface area contributed by atoms with E-state index in [1.54, 1.807) is 43.7 Å². The molecule has 3 aromatic rings. The molecule has 5 rings (SSSR count). The molecule has 1 saturated carbocycles. The number of nitrogens with zero attached hydrogens (tertiary/aromatic N) is 3. The van der Waals surface area contributed by atoms with Gasteiger partial charge in [-0.05, 0) is 95.9 Å². The zero-order chi connectivity index (χ0) is 36.8. The van der Waals surface area contributed by atoms with Crippen molar-refractivity contribution < 1.29 is 32.3 Å². The van der Waals surface area contributed by atoms with Crippen molar-refractivity contribution in [1.82, 2.24) is 20.2 Å². The second kappa shape index (κ2) is 14.4. The van der Waals surface area contributed by atoms with E-state index in [1.807, 2.05) is 6.07 Å². The maximum atomic E-state index is 14.1. The standard InChI is InChI=1S/C35H44Cl2F4N6O3/c1-33(2,38)31(49)42-18-19-6-11-24(36)29(28(19)37)45-32-44-25-16-23(30(48)43-22-9-7-21(8-10-22)35(39,40)41)26(17-27(25)46(32)5)47-14-12-20(13-15-47)34(3,4)50/h6,11,16-17,20-22,50H,7-10,12-15,18H2,1-5H3,(H,42,49)(H,43,48)(H,44,45). The fraction of sp³-hybridized carbons (Fsp3) is 0.571. The van der Waals surface area contributed by atoms with Gasteiger partial charge in [-0.1, -0.05) is 29.3 Å². The van der Waals surface area contributed by atoms with Crippen LogP contribution >= 0.6 is 23.2 Å². The van der Waals surface area contributed by atoms with E-state index in [0.717, 1.165) is 13.8 Å². The summed E-state index contributed by atoms with van der Waals surface area (Å²) in [5.74, 6) is -2.10. The number of piperidine rings is 1. The molecule has 15 heteroatoms. The minimum Gasteiger partial charge on any atom is -0.390 e. The average Bonchev–Trinajstić information content (AvgIpc) is 3.34. The molecule has 1 aliphatic carbocycles. The molecule has 2 amide bonds. The smallest absolute Gasteiger partial charge is 0.390 e. The van der Waals surface area contributed by atoms with Crippen LogP contribution in [0.3, 0.4) is 0 Å². The fourth-order valence-corrected chi connectivity index (χ4v) is 7.31. The second-order valence-corrected chi connectivity index (χ2v) is 15.3. The molecule has 0 spiro atoms. The SMILES string of the molecule is Cn1c(Nc2c(Cl)ccc(CNC(=O)C(C)(C)F)c2Cl)nc2cc(C(=O)NC3CCC(C(F)(F)F)CC3)c(N3CCC(C(C)(C)O)CC3)cc21. The van der Waals surface area contributed by atoms with E-state index >= 15 is 0 Å². The van der Waals surface area contributed by atoms with Crippen LogP contribution in [-0.4, -0.2) is 63.0 Å². The van der Waals surface area contributed by atoms with Crippen molar-refractivity contribution in [1.29, 1.82) is 0 Å². The van der Waals surface area contributed by atoms with Gasteiger partial charge in [0.2, 0.25) is 5.95 Å². The third-order valence-corrected chi connectivity index (χ3v) is 10.7. The van der Waals surface area contributed by atoms with E-state index in [2.05, 4.69) is 20.9 Å². The molecule has 2 heterocycles. The lowest BCUT2D eigenvalue weighted by Gasteiger charge is -2.39. The first kappa shape index (κ1) is 38.0. The third kappa shape index (κ3) is 8.42. The van der Waals surface area contributed by atoms with Crippen LogP contribution in [-0.2, 0) is 18.4 Å². The van der Waals surface area contributed by atoms with Gasteiger partial charge in [-0.2, -0.15) is 13.2 Å². The van der Waals surface area contributed by atoms with Crippen molar-refractivity contribution in [2.24, 2.45) is 18.9 Å². The Bertz CT molecular complexity index is 1740. The highest BCUT2D eigenvalue weighted by molar-refractivity contribution is 6.39. The number of aryl methyl sites for hydroxylation is 1. The van der Waals surface area contributed by atoms with Crippen LogP contribution in [0, 0.1) is 11.8 Å². The van der Waals surface area contributed by atoms with E-state index in [4.69, 9.17) is 28.2 Å². The van der Waals surface area contributed by atoms with E-state index in [0.29, 0.717) is 65.4 Å². The molecule has 2 aromatic carbocycles. The molecule has 9 nitrogen and oxygen atoms in total. The van der Waals surface area contributed by atoms with Gasteiger partial charge in [-0.25, -0.2) is 9.37 Å². The van der Waals surface area contributed by atoms with Gasteiger partial charge < -0.3 is 30.5 Å². The van der Waals surface area contributed by atoms with Crippen molar-refractivity contribution in [2.75, 3.05) is 23.3 Å². The Morgan fingerprint density at radius 2 is 1.60 bits per heavy atom. The number of carbonyl (C=O) groups is 2. The van der Waals surface area contributed by atoms with Crippen molar-refractivity contribution in [2.45, 2.75) is 96.3 Å². The Morgan fingerprint density at radius 1 is 0.960 bits per heavy atom. The minimum atomic E-state index is -4.24. The van der Waals surface area contributed by atoms with Crippen LogP contribution in [0.25, 0.3) is 11.0 Å². The van der Waals surface area contributed by atoms with Gasteiger partial charge in [-0.3, -0.25) is 9.59 Å². The molecule has 4 N–H and O–H groups in total. The molecule has 2 aliphatic rings. The molecular formula is C35H44Cl2F4N6O3. The van der Waals surface area contributed by atoms with Crippen LogP contribution in [0.4, 0.5) is 34.9 Å². The lowest BCUT2D eigenvalue weighted by molar-refractivity contribution is -0.182. The number of hydrogen-bond donors (Lipinski definition) is 4. The number of nitrogens with one attached hydrogen (secondary N) is 3. The Labute approximate surface area is 299 Å². The fourth-order valence-electron chi connectivity index (χ4n) is 6.78. The van der Waals surface area contributed by atoms with Gasteiger partial charge in [0.15, 0.2) is 5.67 Å². The predicted molar refractivity (Wildman–Crippen MR) is 188 cm³/mol. The topological polar surface area (TPSA) is 112 Å². The van der Waals surface area contributed by atoms with Crippen molar-refractivity contribution in [3.05, 3.63) is 45.4 Å². The second-order valence-electron chi connectivity index (χ2n) is 14.5. The van der Waals surface area contributed by atoms with Gasteiger partial charge in [-0.15, -0.1) is 0 Å². The average molecular weight is 744 g/mol. The highest BCUT2D eigenvalue weighted by Crippen LogP contribution is 2.40. The highest BCUT2D eigenvalue weighted by atomic mass is 35.5. The zero-order valence-corrected chi connectivity index (χ0v) is 30.3. The van der Waals surface area contributed by atoms with Gasteiger partial charge >= 0.3 is 6.18 Å². The van der Waals surface area contributed by atoms with Gasteiger partial charge in [0, 0.05) is 32.7 Å². The summed E-state index contributed by atoms with van der Waals surface area (Å²) in [6.07, 6.45) is -2.43. The van der Waals surface area contributed by atoms with E-state index in [9.17, 15) is 32.3 Å². The molecular weight excluding hydrogens is 699 g/mol. The number of fused-ring (bicyclic) bond motifs is 1. The minimum absolute atomic E-state index is 0.0351. The summed E-state index contributed by atoms with van der Waals surface area (Å²) in [5.41, 5.74) is 0.0863. The first-order chi connectivity index (χ1) is 23.2. The maximum Gasteiger partial charge on any atom is 0.391 e. The third-order valence-electron chi connectivity index (χ3n) is 9.99. The van der Waals surface area contributed by atoms with E-state index < -0.39 is 29.3 Å². The number of hydrogen-bond acceptors (Lipinski definition) is 6. The largest absolute Gasteiger partial charge is 0.391 e. The first-order valence-corrected chi connectivity index (χ1v) is 17.6. The zero-order valence-electron chi connectivity index (χ0n) is 28.8. The summed E-state index contributed by atoms with van der Waals surface area (Å²) in [4.78, 5) is 32.8. The molecule has 1 aliphatic heterocycles. The molecule has 2 fully saturated rings. The number of halogens is 6. The van der Waals surface area contributed by atoms with Crippen molar-refractivity contribution in [3.8, 4) is 0 Å². The monoisotopic (exact) mass is 742 g/mol. The molecule has 1 saturated heterocycles. The Morgan fingerprint density at radius 3 is 2.18 bits per heavy atom. The van der Waals surface area contributed by atoms with Crippen molar-refractivity contribution >= 4 is 63.4 Å². The summed E-state index contributed by atoms with van der Waals surface area (Å²) in [6, 6.07) is 6.40. The first-order valence-electron chi connectivity index (χ1n) is 16.8. The van der Waals surface area contributed by atoms with Crippen LogP contribution in [0.15, 0.2) is 24.3 Å². The normalized spacial score (nSPS) is 19.5. The van der Waals surface area contributed by atoms with Crippen molar-refractivity contribution in [3.63, 3.8) is 0 Å². The quantitative estimate of drug-likeness (QED) is 0.167. The number of alkyl halides is 4. The number of aliphatic hydroxyl groups is 1. The molecule has 0 radical (unpaired) electrons. The molecule has 0 atom stereocenters. The lowest BCUT2D eigenvalue weighted by Crippen LogP contribution is -2.43. The summed E-state index contributed by atoms with van der Waals surface area (Å²) in [7, 11) is 1.79. The summed E-state index contributed by atoms with van der Waals surface area (Å²) in [6.45, 7) is 7.05. The lowest BCUT2D eigenvalue weighted by atomic mass is 9.83. The summed E-state index contributed by atoms with van der Waals surface area (Å²) >= 11 is 13.2. The highest BCUT2D eigenvalue weighted by Gasteiger charge is 2.42. The molecule has 50 heavy (non-hydrogen) atoms. The molecule has 274 valence electrons. The van der Waals surface area contributed by atoms with Crippen LogP contribution in [0.5, 0.6) is 0 Å². The molecule has 0 bridgehead atoms. The number of rotatable bonds is 9. The van der Waals surface area contributed by atoms with Crippen LogP contribution in [0.2, 0.25) is 10.0 Å². The molecule has 1 aromatic heterocycles. The van der Waals surface area contributed by atoms with E-state index in [-0.39, 0.29) is 60.1 Å². The van der Waals surface area contributed by atoms with Gasteiger partial charge in [0.05, 0.1) is 49.5 Å². The summed E-state index contributed by atoms with van der Waals surface area (Å²) < 4.78 is 55.7. The number of carbonyl (C=O) groups excluding carboxylic acids is 2. The van der Waals surface area contributed by atoms with Crippen LogP contribution in [0.1, 0.15) is 82.1 Å². The van der Waals surface area contributed by atoms with Gasteiger partial charge in [0.25, 0.3) is 11.8 Å². The van der Waals surface area contributed by atoms with Gasteiger partial charge in [0.1, 0.15) is 0 Å². The van der Waals surface area contributed by atoms with E-state index in [1.165, 1.54) is 0 Å². The number of aromatic nitrogens is 2. The Balaban J connectivity index is 1.45. The number of anilines is 3. The maximum absolute atomic E-state index is 14.1. The van der Waals surface area contributed by atoms with Crippen LogP contribution < -0.4 is 20.9 Å². The number of amides is 2. The Kier molecular flexibility index (Phi) is 10.9. The number of benzene rings is 2. The Hall–Kier alpha value is -3.29.